The predicted molar refractivity (Wildman–Crippen MR) is 114 cm³/mol. The summed E-state index contributed by atoms with van der Waals surface area (Å²) in [6.45, 7) is 2.11. The van der Waals surface area contributed by atoms with Gasteiger partial charge in [-0.05, 0) is 56.1 Å². The molecule has 1 aromatic carbocycles. The second-order valence-electron chi connectivity index (χ2n) is 9.35. The van der Waals surface area contributed by atoms with Gasteiger partial charge in [-0.25, -0.2) is 0 Å². The first-order valence-corrected chi connectivity index (χ1v) is 11.7. The number of amides is 2. The summed E-state index contributed by atoms with van der Waals surface area (Å²) in [4.78, 5) is 27.1. The zero-order chi connectivity index (χ0) is 21.3. The Labute approximate surface area is 183 Å². The zero-order valence-electron chi connectivity index (χ0n) is 18.0. The van der Waals surface area contributed by atoms with Crippen molar-refractivity contribution in [1.82, 2.24) is 10.2 Å². The van der Waals surface area contributed by atoms with E-state index in [-0.39, 0.29) is 30.6 Å². The Balaban J connectivity index is 1.37. The van der Waals surface area contributed by atoms with Crippen molar-refractivity contribution in [3.05, 3.63) is 29.8 Å². The van der Waals surface area contributed by atoms with Crippen LogP contribution in [0.4, 0.5) is 0 Å². The summed E-state index contributed by atoms with van der Waals surface area (Å²) < 4.78 is 18.1. The number of morpholine rings is 1. The SMILES string of the molecule is O=C1COCC2(CCN3C(=O)CCCOc4ccccc4[C@H]4CC[C@H](CC4)OCC32)N1. The summed E-state index contributed by atoms with van der Waals surface area (Å²) >= 11 is 0. The highest BCUT2D eigenvalue weighted by Crippen LogP contribution is 2.39. The molecule has 2 bridgehead atoms. The molecule has 1 N–H and O–H groups in total. The molecule has 2 saturated heterocycles. The number of carbonyl (C=O) groups excluding carboxylic acids is 2. The van der Waals surface area contributed by atoms with Crippen LogP contribution in [0.15, 0.2) is 24.3 Å². The molecule has 2 amide bonds. The van der Waals surface area contributed by atoms with Crippen LogP contribution in [0.1, 0.15) is 56.4 Å². The van der Waals surface area contributed by atoms with Gasteiger partial charge in [-0.3, -0.25) is 9.59 Å². The van der Waals surface area contributed by atoms with Crippen molar-refractivity contribution in [2.75, 3.05) is 33.0 Å². The number of nitrogens with one attached hydrogen (secondary N) is 1. The van der Waals surface area contributed by atoms with Gasteiger partial charge in [0.25, 0.3) is 0 Å². The number of ether oxygens (including phenoxy) is 3. The van der Waals surface area contributed by atoms with Crippen molar-refractivity contribution in [2.24, 2.45) is 0 Å². The molecule has 0 aromatic heterocycles. The Morgan fingerprint density at radius 3 is 2.77 bits per heavy atom. The summed E-state index contributed by atoms with van der Waals surface area (Å²) in [5.41, 5.74) is 0.742. The number of benzene rings is 1. The van der Waals surface area contributed by atoms with Crippen LogP contribution in [0, 0.1) is 0 Å². The van der Waals surface area contributed by atoms with E-state index in [4.69, 9.17) is 14.2 Å². The second-order valence-corrected chi connectivity index (χ2v) is 9.35. The van der Waals surface area contributed by atoms with Gasteiger partial charge in [0, 0.05) is 13.0 Å². The fraction of sp³-hybridized carbons (Fsp3) is 0.667. The van der Waals surface area contributed by atoms with E-state index in [2.05, 4.69) is 17.4 Å². The Morgan fingerprint density at radius 2 is 1.94 bits per heavy atom. The third-order valence-corrected chi connectivity index (χ3v) is 7.43. The fourth-order valence-corrected chi connectivity index (χ4v) is 5.74. The van der Waals surface area contributed by atoms with Gasteiger partial charge in [0.15, 0.2) is 0 Å². The molecule has 7 heteroatoms. The lowest BCUT2D eigenvalue weighted by molar-refractivity contribution is -0.143. The summed E-state index contributed by atoms with van der Waals surface area (Å²) in [7, 11) is 0. The lowest BCUT2D eigenvalue weighted by Gasteiger charge is -2.41. The van der Waals surface area contributed by atoms with Crippen LogP contribution in [0.2, 0.25) is 0 Å². The van der Waals surface area contributed by atoms with Crippen LogP contribution in [0.3, 0.4) is 0 Å². The number of fused-ring (bicyclic) bond motifs is 7. The van der Waals surface area contributed by atoms with Crippen molar-refractivity contribution in [1.29, 1.82) is 0 Å². The number of hydrogen-bond acceptors (Lipinski definition) is 5. The number of rotatable bonds is 0. The average Bonchev–Trinajstić information content (AvgIpc) is 3.12. The van der Waals surface area contributed by atoms with Gasteiger partial charge in [-0.2, -0.15) is 0 Å². The number of para-hydroxylation sites is 1. The Kier molecular flexibility index (Phi) is 5.89. The molecule has 31 heavy (non-hydrogen) atoms. The minimum Gasteiger partial charge on any atom is -0.493 e. The van der Waals surface area contributed by atoms with Gasteiger partial charge in [0.2, 0.25) is 11.8 Å². The highest BCUT2D eigenvalue weighted by Gasteiger charge is 2.52. The third kappa shape index (κ3) is 4.17. The van der Waals surface area contributed by atoms with E-state index in [1.807, 2.05) is 17.0 Å². The minimum atomic E-state index is -0.539. The Morgan fingerprint density at radius 1 is 1.10 bits per heavy atom. The first-order chi connectivity index (χ1) is 15.1. The molecule has 1 aliphatic carbocycles. The molecule has 0 radical (unpaired) electrons. The van der Waals surface area contributed by atoms with Gasteiger partial charge in [-0.1, -0.05) is 18.2 Å². The fourth-order valence-electron chi connectivity index (χ4n) is 5.74. The molecule has 7 nitrogen and oxygen atoms in total. The first kappa shape index (κ1) is 20.8. The van der Waals surface area contributed by atoms with E-state index in [0.29, 0.717) is 51.5 Å². The molecule has 3 fully saturated rings. The van der Waals surface area contributed by atoms with Crippen LogP contribution in [-0.4, -0.2) is 67.4 Å². The van der Waals surface area contributed by atoms with E-state index < -0.39 is 5.54 Å². The molecule has 168 valence electrons. The van der Waals surface area contributed by atoms with Gasteiger partial charge in [-0.15, -0.1) is 0 Å². The van der Waals surface area contributed by atoms with Crippen LogP contribution in [0.25, 0.3) is 0 Å². The number of carbonyl (C=O) groups is 2. The van der Waals surface area contributed by atoms with Gasteiger partial charge in [0.05, 0.1) is 37.5 Å². The molecule has 4 heterocycles. The number of nitrogens with zero attached hydrogens (tertiary/aromatic N) is 1. The van der Waals surface area contributed by atoms with Crippen molar-refractivity contribution < 1.29 is 23.8 Å². The standard InChI is InChI=1S/C24H32N2O5/c27-22-15-29-16-24(25-22)11-12-26-21(24)14-31-18-9-7-17(8-10-18)19-4-1-2-5-20(19)30-13-3-6-23(26)28/h1-2,4-5,17-18,21H,3,6-16H2,(H,25,27)/t17-,18+,21?,24?. The van der Waals surface area contributed by atoms with Gasteiger partial charge >= 0.3 is 0 Å². The van der Waals surface area contributed by atoms with E-state index in [0.717, 1.165) is 31.4 Å². The topological polar surface area (TPSA) is 77.1 Å². The largest absolute Gasteiger partial charge is 0.493 e. The quantitative estimate of drug-likeness (QED) is 0.687. The van der Waals surface area contributed by atoms with Crippen LogP contribution in [0.5, 0.6) is 5.75 Å². The molecule has 1 spiro atoms. The lowest BCUT2D eigenvalue weighted by atomic mass is 9.82. The van der Waals surface area contributed by atoms with Crippen LogP contribution >= 0.6 is 0 Å². The molecule has 6 rings (SSSR count). The molecule has 4 aliphatic heterocycles. The van der Waals surface area contributed by atoms with E-state index in [9.17, 15) is 9.59 Å². The molecule has 2 unspecified atom stereocenters. The van der Waals surface area contributed by atoms with E-state index >= 15 is 0 Å². The smallest absolute Gasteiger partial charge is 0.246 e. The maximum atomic E-state index is 13.1. The highest BCUT2D eigenvalue weighted by atomic mass is 16.5. The third-order valence-electron chi connectivity index (χ3n) is 7.43. The molecule has 1 saturated carbocycles. The molecular formula is C24H32N2O5. The maximum absolute atomic E-state index is 13.1. The van der Waals surface area contributed by atoms with Gasteiger partial charge < -0.3 is 24.4 Å². The van der Waals surface area contributed by atoms with Crippen LogP contribution in [-0.2, 0) is 19.1 Å². The summed E-state index contributed by atoms with van der Waals surface area (Å²) in [6.07, 6.45) is 6.12. The normalized spacial score (nSPS) is 34.3. The average molecular weight is 429 g/mol. The Hall–Kier alpha value is -2.12. The summed E-state index contributed by atoms with van der Waals surface area (Å²) in [5, 5.41) is 3.15. The van der Waals surface area contributed by atoms with Crippen molar-refractivity contribution >= 4 is 11.8 Å². The second kappa shape index (κ2) is 8.79. The number of hydrogen-bond donors (Lipinski definition) is 1. The van der Waals surface area contributed by atoms with Crippen LogP contribution < -0.4 is 10.1 Å². The van der Waals surface area contributed by atoms with E-state index in [1.54, 1.807) is 0 Å². The maximum Gasteiger partial charge on any atom is 0.246 e. The lowest BCUT2D eigenvalue weighted by Crippen LogP contribution is -2.65. The van der Waals surface area contributed by atoms with Crippen molar-refractivity contribution in [2.45, 2.75) is 68.5 Å². The summed E-state index contributed by atoms with van der Waals surface area (Å²) in [6, 6.07) is 8.13. The first-order valence-electron chi connectivity index (χ1n) is 11.7. The highest BCUT2D eigenvalue weighted by molar-refractivity contribution is 5.80. The predicted octanol–water partition coefficient (Wildman–Crippen LogP) is 2.39. The molecule has 1 aromatic rings. The van der Waals surface area contributed by atoms with Crippen molar-refractivity contribution in [3.8, 4) is 5.75 Å². The molecule has 5 aliphatic rings. The van der Waals surface area contributed by atoms with Gasteiger partial charge in [0.1, 0.15) is 12.4 Å². The monoisotopic (exact) mass is 428 g/mol. The van der Waals surface area contributed by atoms with Crippen molar-refractivity contribution in [3.63, 3.8) is 0 Å². The molecule has 2 atom stereocenters. The zero-order valence-corrected chi connectivity index (χ0v) is 18.0. The van der Waals surface area contributed by atoms with E-state index in [1.165, 1.54) is 5.56 Å². The Bertz CT molecular complexity index is 822. The molecular weight excluding hydrogens is 396 g/mol. The summed E-state index contributed by atoms with van der Waals surface area (Å²) in [5.74, 6) is 1.43. The minimum absolute atomic E-state index is 0.0885.